The van der Waals surface area contributed by atoms with Crippen molar-refractivity contribution in [2.75, 3.05) is 19.7 Å². The van der Waals surface area contributed by atoms with E-state index >= 15 is 0 Å². The number of amides is 2. The maximum absolute atomic E-state index is 12.1. The summed E-state index contributed by atoms with van der Waals surface area (Å²) in [6.07, 6.45) is 3.35. The van der Waals surface area contributed by atoms with Gasteiger partial charge < -0.3 is 15.0 Å². The van der Waals surface area contributed by atoms with E-state index in [2.05, 4.69) is 5.32 Å². The van der Waals surface area contributed by atoms with Crippen LogP contribution in [0.15, 0.2) is 0 Å². The number of likely N-dealkylation sites (tertiary alicyclic amines) is 1. The van der Waals surface area contributed by atoms with Gasteiger partial charge in [0.2, 0.25) is 11.8 Å². The van der Waals surface area contributed by atoms with Crippen molar-refractivity contribution < 1.29 is 19.1 Å². The molecule has 0 aromatic rings. The normalized spacial score (nSPS) is 20.8. The summed E-state index contributed by atoms with van der Waals surface area (Å²) in [5, 5.41) is 2.70. The molecule has 1 unspecified atom stereocenters. The molecule has 0 spiro atoms. The highest BCUT2D eigenvalue weighted by Crippen LogP contribution is 2.32. The second-order valence-corrected chi connectivity index (χ2v) is 5.86. The third kappa shape index (κ3) is 4.19. The number of piperidine rings is 1. The highest BCUT2D eigenvalue weighted by atomic mass is 16.5. The smallest absolute Gasteiger partial charge is 0.328 e. The lowest BCUT2D eigenvalue weighted by Gasteiger charge is -2.31. The highest BCUT2D eigenvalue weighted by molar-refractivity contribution is 5.86. The number of hydrogen-bond donors (Lipinski definition) is 1. The Bertz CT molecular complexity index is 412. The van der Waals surface area contributed by atoms with Crippen LogP contribution in [0, 0.1) is 11.8 Å². The molecule has 1 heterocycles. The average Bonchev–Trinajstić information content (AvgIpc) is 3.31. The molecule has 21 heavy (non-hydrogen) atoms. The Morgan fingerprint density at radius 2 is 1.76 bits per heavy atom. The van der Waals surface area contributed by atoms with Crippen molar-refractivity contribution in [1.82, 2.24) is 10.2 Å². The zero-order chi connectivity index (χ0) is 15.4. The molecule has 2 fully saturated rings. The Morgan fingerprint density at radius 1 is 1.14 bits per heavy atom. The molecule has 0 radical (unpaired) electrons. The fourth-order valence-electron chi connectivity index (χ4n) is 2.61. The Kier molecular flexibility index (Phi) is 5.20. The summed E-state index contributed by atoms with van der Waals surface area (Å²) < 4.78 is 4.87. The van der Waals surface area contributed by atoms with Crippen LogP contribution < -0.4 is 5.32 Å². The van der Waals surface area contributed by atoms with Crippen LogP contribution in [-0.2, 0) is 19.1 Å². The minimum Gasteiger partial charge on any atom is -0.464 e. The third-order valence-electron chi connectivity index (χ3n) is 4.10. The molecular formula is C15H24N2O4. The lowest BCUT2D eigenvalue weighted by atomic mass is 9.95. The van der Waals surface area contributed by atoms with E-state index in [1.165, 1.54) is 0 Å². The average molecular weight is 296 g/mol. The van der Waals surface area contributed by atoms with Crippen LogP contribution in [0.4, 0.5) is 0 Å². The van der Waals surface area contributed by atoms with Gasteiger partial charge in [-0.2, -0.15) is 0 Å². The number of rotatable bonds is 5. The molecule has 1 atom stereocenters. The van der Waals surface area contributed by atoms with Crippen LogP contribution in [0.25, 0.3) is 0 Å². The molecule has 2 rings (SSSR count). The van der Waals surface area contributed by atoms with Gasteiger partial charge in [0, 0.05) is 24.9 Å². The monoisotopic (exact) mass is 296 g/mol. The minimum atomic E-state index is -0.622. The first-order chi connectivity index (χ1) is 10.0. The Labute approximate surface area is 125 Å². The SMILES string of the molecule is CCOC(=O)C(C)NC(=O)C1CCN(C(=O)C2CC2)CC1. The van der Waals surface area contributed by atoms with Crippen molar-refractivity contribution >= 4 is 17.8 Å². The van der Waals surface area contributed by atoms with Gasteiger partial charge in [0.1, 0.15) is 6.04 Å². The Balaban J connectivity index is 1.74. The maximum atomic E-state index is 12.1. The van der Waals surface area contributed by atoms with Crippen LogP contribution in [0.1, 0.15) is 39.5 Å². The first-order valence-corrected chi connectivity index (χ1v) is 7.78. The molecule has 2 aliphatic rings. The molecule has 0 bridgehead atoms. The van der Waals surface area contributed by atoms with E-state index in [1.807, 2.05) is 4.90 Å². The number of esters is 1. The lowest BCUT2D eigenvalue weighted by molar-refractivity contribution is -0.147. The van der Waals surface area contributed by atoms with Crippen LogP contribution in [-0.4, -0.2) is 48.4 Å². The van der Waals surface area contributed by atoms with E-state index in [0.29, 0.717) is 32.5 Å². The van der Waals surface area contributed by atoms with Crippen molar-refractivity contribution in [2.45, 2.75) is 45.6 Å². The fourth-order valence-corrected chi connectivity index (χ4v) is 2.61. The largest absolute Gasteiger partial charge is 0.464 e. The van der Waals surface area contributed by atoms with Gasteiger partial charge >= 0.3 is 5.97 Å². The van der Waals surface area contributed by atoms with Crippen molar-refractivity contribution in [3.63, 3.8) is 0 Å². The summed E-state index contributed by atoms with van der Waals surface area (Å²) in [6.45, 7) is 4.95. The zero-order valence-electron chi connectivity index (χ0n) is 12.8. The summed E-state index contributed by atoms with van der Waals surface area (Å²) >= 11 is 0. The first kappa shape index (κ1) is 15.8. The maximum Gasteiger partial charge on any atom is 0.328 e. The quantitative estimate of drug-likeness (QED) is 0.758. The lowest BCUT2D eigenvalue weighted by Crippen LogP contribution is -2.47. The van der Waals surface area contributed by atoms with Gasteiger partial charge in [0.25, 0.3) is 0 Å². The second kappa shape index (κ2) is 6.91. The summed E-state index contributed by atoms with van der Waals surface area (Å²) in [5.74, 6) is -0.167. The molecule has 1 saturated heterocycles. The van der Waals surface area contributed by atoms with E-state index in [-0.39, 0.29) is 23.7 Å². The Morgan fingerprint density at radius 3 is 2.29 bits per heavy atom. The van der Waals surface area contributed by atoms with Crippen LogP contribution >= 0.6 is 0 Å². The highest BCUT2D eigenvalue weighted by Gasteiger charge is 2.36. The van der Waals surface area contributed by atoms with E-state index in [9.17, 15) is 14.4 Å². The van der Waals surface area contributed by atoms with Gasteiger partial charge in [0.15, 0.2) is 0 Å². The second-order valence-electron chi connectivity index (χ2n) is 5.86. The number of carbonyl (C=O) groups excluding carboxylic acids is 3. The van der Waals surface area contributed by atoms with E-state index in [4.69, 9.17) is 4.74 Å². The van der Waals surface area contributed by atoms with Gasteiger partial charge in [-0.1, -0.05) is 0 Å². The number of carbonyl (C=O) groups is 3. The molecule has 0 aromatic carbocycles. The summed E-state index contributed by atoms with van der Waals surface area (Å²) in [4.78, 5) is 37.4. The number of nitrogens with zero attached hydrogens (tertiary/aromatic N) is 1. The van der Waals surface area contributed by atoms with Gasteiger partial charge in [-0.05, 0) is 39.5 Å². The molecule has 1 aliphatic heterocycles. The van der Waals surface area contributed by atoms with Gasteiger partial charge in [-0.15, -0.1) is 0 Å². The summed E-state index contributed by atoms with van der Waals surface area (Å²) in [6, 6.07) is -0.622. The standard InChI is InChI=1S/C15H24N2O4/c1-3-21-15(20)10(2)16-13(18)11-6-8-17(9-7-11)14(19)12-4-5-12/h10-12H,3-9H2,1-2H3,(H,16,18). The van der Waals surface area contributed by atoms with Crippen molar-refractivity contribution in [1.29, 1.82) is 0 Å². The molecular weight excluding hydrogens is 272 g/mol. The molecule has 1 saturated carbocycles. The third-order valence-corrected chi connectivity index (χ3v) is 4.10. The molecule has 1 N–H and O–H groups in total. The number of ether oxygens (including phenoxy) is 1. The minimum absolute atomic E-state index is 0.117. The predicted molar refractivity (Wildman–Crippen MR) is 76.3 cm³/mol. The van der Waals surface area contributed by atoms with Crippen LogP contribution in [0.5, 0.6) is 0 Å². The fraction of sp³-hybridized carbons (Fsp3) is 0.800. The topological polar surface area (TPSA) is 75.7 Å². The molecule has 2 amide bonds. The first-order valence-electron chi connectivity index (χ1n) is 7.78. The van der Waals surface area contributed by atoms with Crippen LogP contribution in [0.3, 0.4) is 0 Å². The van der Waals surface area contributed by atoms with Crippen molar-refractivity contribution in [2.24, 2.45) is 11.8 Å². The van der Waals surface area contributed by atoms with Crippen molar-refractivity contribution in [3.8, 4) is 0 Å². The van der Waals surface area contributed by atoms with Gasteiger partial charge in [0.05, 0.1) is 6.61 Å². The molecule has 1 aliphatic carbocycles. The molecule has 6 heteroatoms. The Hall–Kier alpha value is -1.59. The zero-order valence-corrected chi connectivity index (χ0v) is 12.8. The van der Waals surface area contributed by atoms with E-state index in [0.717, 1.165) is 12.8 Å². The molecule has 6 nitrogen and oxygen atoms in total. The molecule has 118 valence electrons. The predicted octanol–water partition coefficient (Wildman–Crippen LogP) is 0.703. The van der Waals surface area contributed by atoms with E-state index in [1.54, 1.807) is 13.8 Å². The van der Waals surface area contributed by atoms with Gasteiger partial charge in [-0.3, -0.25) is 9.59 Å². The summed E-state index contributed by atoms with van der Waals surface area (Å²) in [5.41, 5.74) is 0. The number of nitrogens with one attached hydrogen (secondary N) is 1. The van der Waals surface area contributed by atoms with E-state index < -0.39 is 12.0 Å². The number of hydrogen-bond acceptors (Lipinski definition) is 4. The van der Waals surface area contributed by atoms with Crippen LogP contribution in [0.2, 0.25) is 0 Å². The molecule has 0 aromatic heterocycles. The van der Waals surface area contributed by atoms with Crippen molar-refractivity contribution in [3.05, 3.63) is 0 Å². The van der Waals surface area contributed by atoms with Gasteiger partial charge in [-0.25, -0.2) is 4.79 Å². The summed E-state index contributed by atoms with van der Waals surface area (Å²) in [7, 11) is 0.